The minimum atomic E-state index is -3.61. The number of benzene rings is 3. The van der Waals surface area contributed by atoms with Gasteiger partial charge < -0.3 is 15.0 Å². The number of nitrogens with one attached hydrogen (secondary N) is 1. The predicted molar refractivity (Wildman–Crippen MR) is 135 cm³/mol. The Morgan fingerprint density at radius 2 is 1.77 bits per heavy atom. The topological polar surface area (TPSA) is 105 Å². The van der Waals surface area contributed by atoms with Crippen LogP contribution in [0.4, 0.5) is 17.1 Å². The van der Waals surface area contributed by atoms with E-state index >= 15 is 0 Å². The fourth-order valence-corrected chi connectivity index (χ4v) is 6.17. The van der Waals surface area contributed by atoms with Gasteiger partial charge in [0.25, 0.3) is 5.69 Å². The van der Waals surface area contributed by atoms with Crippen molar-refractivity contribution in [3.63, 3.8) is 0 Å². The number of hydrogen-bond acceptors (Lipinski definition) is 7. The molecule has 3 aromatic carbocycles. The summed E-state index contributed by atoms with van der Waals surface area (Å²) in [6.45, 7) is 2.91. The number of ether oxygens (including phenoxy) is 1. The van der Waals surface area contributed by atoms with Crippen LogP contribution in [0.25, 0.3) is 10.8 Å². The van der Waals surface area contributed by atoms with Crippen molar-refractivity contribution < 1.29 is 18.1 Å². The van der Waals surface area contributed by atoms with Crippen LogP contribution in [-0.2, 0) is 14.8 Å². The van der Waals surface area contributed by atoms with Crippen LogP contribution in [0, 0.1) is 10.1 Å². The lowest BCUT2D eigenvalue weighted by atomic mass is 10.1. The summed E-state index contributed by atoms with van der Waals surface area (Å²) in [5.74, 6) is 0. The first-order chi connectivity index (χ1) is 16.9. The Labute approximate surface area is 204 Å². The van der Waals surface area contributed by atoms with Crippen LogP contribution in [0.15, 0.2) is 65.6 Å². The zero-order valence-electron chi connectivity index (χ0n) is 19.3. The van der Waals surface area contributed by atoms with E-state index in [0.717, 1.165) is 35.9 Å². The van der Waals surface area contributed by atoms with Gasteiger partial charge in [-0.05, 0) is 47.9 Å². The lowest BCUT2D eigenvalue weighted by Gasteiger charge is -2.35. The molecule has 2 aliphatic heterocycles. The Hall–Kier alpha value is -3.21. The third kappa shape index (κ3) is 4.95. The average molecular weight is 497 g/mol. The minimum Gasteiger partial charge on any atom is -0.377 e. The summed E-state index contributed by atoms with van der Waals surface area (Å²) in [7, 11) is -3.61. The third-order valence-corrected chi connectivity index (χ3v) is 8.58. The average Bonchev–Trinajstić information content (AvgIpc) is 3.41. The first kappa shape index (κ1) is 23.5. The van der Waals surface area contributed by atoms with Crippen LogP contribution < -0.4 is 10.2 Å². The SMILES string of the molecule is O=[N+]([O-])c1ccc(N2CCN(S(=O)(=O)c3ccc4ccccc4c3)CC2)cc1NC[C@H]1CCCO1. The van der Waals surface area contributed by atoms with Crippen molar-refractivity contribution in [2.75, 3.05) is 49.5 Å². The quantitative estimate of drug-likeness (QED) is 0.391. The Morgan fingerprint density at radius 3 is 2.49 bits per heavy atom. The van der Waals surface area contributed by atoms with Crippen molar-refractivity contribution in [3.05, 3.63) is 70.8 Å². The van der Waals surface area contributed by atoms with Gasteiger partial charge in [0.1, 0.15) is 5.69 Å². The van der Waals surface area contributed by atoms with E-state index < -0.39 is 14.9 Å². The highest BCUT2D eigenvalue weighted by molar-refractivity contribution is 7.89. The molecule has 184 valence electrons. The zero-order valence-corrected chi connectivity index (χ0v) is 20.1. The normalized spacial score (nSPS) is 19.2. The van der Waals surface area contributed by atoms with Crippen molar-refractivity contribution in [2.45, 2.75) is 23.8 Å². The van der Waals surface area contributed by atoms with Crippen LogP contribution in [0.2, 0.25) is 0 Å². The molecule has 0 bridgehead atoms. The molecular weight excluding hydrogens is 468 g/mol. The van der Waals surface area contributed by atoms with Crippen molar-refractivity contribution in [3.8, 4) is 0 Å². The smallest absolute Gasteiger partial charge is 0.292 e. The van der Waals surface area contributed by atoms with Crippen LogP contribution in [0.1, 0.15) is 12.8 Å². The van der Waals surface area contributed by atoms with Crippen LogP contribution in [-0.4, -0.2) is 63.1 Å². The van der Waals surface area contributed by atoms with E-state index in [2.05, 4.69) is 10.2 Å². The van der Waals surface area contributed by atoms with Crippen molar-refractivity contribution in [2.24, 2.45) is 0 Å². The third-order valence-electron chi connectivity index (χ3n) is 6.68. The number of nitro groups is 1. The minimum absolute atomic E-state index is 0.0178. The van der Waals surface area contributed by atoms with E-state index in [1.54, 1.807) is 24.3 Å². The van der Waals surface area contributed by atoms with E-state index in [9.17, 15) is 18.5 Å². The second-order valence-electron chi connectivity index (χ2n) is 8.87. The number of rotatable bonds is 7. The van der Waals surface area contributed by atoms with Crippen molar-refractivity contribution in [1.29, 1.82) is 0 Å². The summed E-state index contributed by atoms with van der Waals surface area (Å²) in [6.07, 6.45) is 2.00. The van der Waals surface area contributed by atoms with Gasteiger partial charge in [0.05, 0.1) is 15.9 Å². The molecule has 0 unspecified atom stereocenters. The molecule has 0 amide bonds. The van der Waals surface area contributed by atoms with Gasteiger partial charge in [-0.25, -0.2) is 8.42 Å². The van der Waals surface area contributed by atoms with E-state index in [1.165, 1.54) is 10.4 Å². The van der Waals surface area contributed by atoms with Crippen LogP contribution in [0.3, 0.4) is 0 Å². The number of piperazine rings is 1. The molecule has 1 N–H and O–H groups in total. The van der Waals surface area contributed by atoms with E-state index in [0.29, 0.717) is 43.3 Å². The lowest BCUT2D eigenvalue weighted by molar-refractivity contribution is -0.383. The summed E-state index contributed by atoms with van der Waals surface area (Å²) < 4.78 is 33.7. The molecule has 10 heteroatoms. The molecule has 0 spiro atoms. The highest BCUT2D eigenvalue weighted by Crippen LogP contribution is 2.31. The summed E-state index contributed by atoms with van der Waals surface area (Å²) in [6, 6.07) is 17.9. The molecule has 1 atom stereocenters. The molecule has 2 saturated heterocycles. The molecule has 0 aromatic heterocycles. The summed E-state index contributed by atoms with van der Waals surface area (Å²) in [5, 5.41) is 16.6. The molecule has 35 heavy (non-hydrogen) atoms. The predicted octanol–water partition coefficient (Wildman–Crippen LogP) is 3.85. The maximum Gasteiger partial charge on any atom is 0.292 e. The van der Waals surface area contributed by atoms with Gasteiger partial charge in [0, 0.05) is 51.1 Å². The Balaban J connectivity index is 1.29. The second-order valence-corrected chi connectivity index (χ2v) is 10.8. The molecule has 0 aliphatic carbocycles. The molecule has 3 aromatic rings. The highest BCUT2D eigenvalue weighted by Gasteiger charge is 2.29. The molecule has 2 aliphatic rings. The van der Waals surface area contributed by atoms with Gasteiger partial charge in [-0.15, -0.1) is 0 Å². The first-order valence-electron chi connectivity index (χ1n) is 11.8. The number of fused-ring (bicyclic) bond motifs is 1. The number of nitro benzene ring substituents is 1. The molecule has 2 fully saturated rings. The molecule has 0 saturated carbocycles. The largest absolute Gasteiger partial charge is 0.377 e. The Morgan fingerprint density at radius 1 is 1.00 bits per heavy atom. The van der Waals surface area contributed by atoms with Gasteiger partial charge in [0.15, 0.2) is 0 Å². The molecule has 0 radical (unpaired) electrons. The Bertz CT molecular complexity index is 1330. The molecule has 5 rings (SSSR count). The van der Waals surface area contributed by atoms with Gasteiger partial charge in [-0.3, -0.25) is 10.1 Å². The van der Waals surface area contributed by atoms with Gasteiger partial charge >= 0.3 is 0 Å². The standard InChI is InChI=1S/C25H28N4O5S/c30-29(31)25-10-8-21(17-24(25)26-18-22-6-3-15-34-22)27-11-13-28(14-12-27)35(32,33)23-9-7-19-4-1-2-5-20(19)16-23/h1-2,4-5,7-10,16-17,22,26H,3,6,11-15,18H2/t22-/m1/s1. The van der Waals surface area contributed by atoms with Gasteiger partial charge in [-0.2, -0.15) is 4.31 Å². The first-order valence-corrected chi connectivity index (χ1v) is 13.2. The molecule has 2 heterocycles. The van der Waals surface area contributed by atoms with E-state index in [-0.39, 0.29) is 11.8 Å². The second kappa shape index (κ2) is 9.80. The molecular formula is C25H28N4O5S. The van der Waals surface area contributed by atoms with E-state index in [1.807, 2.05) is 30.3 Å². The number of nitrogens with zero attached hydrogens (tertiary/aromatic N) is 3. The fourth-order valence-electron chi connectivity index (χ4n) is 4.71. The lowest BCUT2D eigenvalue weighted by Crippen LogP contribution is -2.48. The van der Waals surface area contributed by atoms with Gasteiger partial charge in [0.2, 0.25) is 10.0 Å². The van der Waals surface area contributed by atoms with Crippen molar-refractivity contribution in [1.82, 2.24) is 4.31 Å². The van der Waals surface area contributed by atoms with Gasteiger partial charge in [-0.1, -0.05) is 30.3 Å². The Kier molecular flexibility index (Phi) is 6.59. The monoisotopic (exact) mass is 496 g/mol. The summed E-state index contributed by atoms with van der Waals surface area (Å²) in [4.78, 5) is 13.5. The number of anilines is 2. The van der Waals surface area contributed by atoms with Crippen LogP contribution in [0.5, 0.6) is 0 Å². The van der Waals surface area contributed by atoms with E-state index in [4.69, 9.17) is 4.74 Å². The van der Waals surface area contributed by atoms with Crippen LogP contribution >= 0.6 is 0 Å². The maximum atomic E-state index is 13.3. The zero-order chi connectivity index (χ0) is 24.4. The maximum absolute atomic E-state index is 13.3. The molecule has 9 nitrogen and oxygen atoms in total. The number of sulfonamides is 1. The summed E-state index contributed by atoms with van der Waals surface area (Å²) in [5.41, 5.74) is 1.30. The van der Waals surface area contributed by atoms with Crippen molar-refractivity contribution >= 4 is 37.9 Å². The fraction of sp³-hybridized carbons (Fsp3) is 0.360. The number of hydrogen-bond donors (Lipinski definition) is 1. The summed E-state index contributed by atoms with van der Waals surface area (Å²) >= 11 is 0. The highest BCUT2D eigenvalue weighted by atomic mass is 32.2.